The molecule has 2 aromatic rings. The summed E-state index contributed by atoms with van der Waals surface area (Å²) in [5, 5.41) is 17.1. The van der Waals surface area contributed by atoms with Crippen LogP contribution in [-0.4, -0.2) is 20.1 Å². The van der Waals surface area contributed by atoms with Gasteiger partial charge in [0.05, 0.1) is 11.3 Å². The number of ether oxygens (including phenoxy) is 1. The zero-order valence-corrected chi connectivity index (χ0v) is 13.7. The lowest BCUT2D eigenvalue weighted by Gasteiger charge is -2.09. The molecule has 0 fully saturated rings. The van der Waals surface area contributed by atoms with Crippen molar-refractivity contribution in [2.24, 2.45) is 0 Å². The van der Waals surface area contributed by atoms with Gasteiger partial charge in [-0.3, -0.25) is 0 Å². The number of thioether (sulfide) groups is 1. The molecule has 0 aliphatic carbocycles. The van der Waals surface area contributed by atoms with Crippen LogP contribution >= 0.6 is 11.8 Å². The maximum Gasteiger partial charge on any atom is 0.211 e. The number of nitrogens with zero attached hydrogens (tertiary/aromatic N) is 4. The molecular formula is C15H19N5OS. The van der Waals surface area contributed by atoms with Gasteiger partial charge in [0.25, 0.3) is 0 Å². The average Bonchev–Trinajstić information content (AvgIpc) is 2.86. The van der Waals surface area contributed by atoms with Crippen LogP contribution in [0.3, 0.4) is 0 Å². The first-order valence-electron chi connectivity index (χ1n) is 6.99. The van der Waals surface area contributed by atoms with Crippen molar-refractivity contribution in [1.82, 2.24) is 14.9 Å². The topological polar surface area (TPSA) is 89.8 Å². The van der Waals surface area contributed by atoms with E-state index >= 15 is 0 Å². The summed E-state index contributed by atoms with van der Waals surface area (Å²) >= 11 is 1.27. The van der Waals surface area contributed by atoms with Gasteiger partial charge in [-0.25, -0.2) is 4.68 Å². The van der Waals surface area contributed by atoms with Crippen LogP contribution < -0.4 is 10.6 Å². The Morgan fingerprint density at radius 2 is 1.95 bits per heavy atom. The molecule has 0 saturated heterocycles. The minimum Gasteiger partial charge on any atom is -0.486 e. The molecule has 0 saturated carbocycles. The number of hydrogen-bond donors (Lipinski definition) is 1. The summed E-state index contributed by atoms with van der Waals surface area (Å²) in [4.78, 5) is 0. The van der Waals surface area contributed by atoms with E-state index in [-0.39, 0.29) is 11.9 Å². The van der Waals surface area contributed by atoms with Crippen molar-refractivity contribution < 1.29 is 4.74 Å². The van der Waals surface area contributed by atoms with Crippen LogP contribution in [-0.2, 0) is 6.61 Å². The summed E-state index contributed by atoms with van der Waals surface area (Å²) in [5.41, 5.74) is 1.26. The second-order valence-electron chi connectivity index (χ2n) is 5.17. The quantitative estimate of drug-likeness (QED) is 0.651. The van der Waals surface area contributed by atoms with Crippen molar-refractivity contribution in [2.45, 2.75) is 43.7 Å². The van der Waals surface area contributed by atoms with E-state index in [9.17, 15) is 0 Å². The minimum absolute atomic E-state index is 0.228. The fraction of sp³-hybridized carbons (Fsp3) is 0.400. The third-order valence-electron chi connectivity index (χ3n) is 3.11. The molecule has 1 heterocycles. The summed E-state index contributed by atoms with van der Waals surface area (Å²) in [6, 6.07) is 10.1. The van der Waals surface area contributed by atoms with E-state index in [4.69, 9.17) is 15.8 Å². The van der Waals surface area contributed by atoms with E-state index < -0.39 is 0 Å². The molecule has 1 aromatic carbocycles. The molecule has 1 atom stereocenters. The molecule has 2 N–H and O–H groups in total. The maximum atomic E-state index is 8.81. The molecule has 116 valence electrons. The van der Waals surface area contributed by atoms with E-state index in [0.29, 0.717) is 16.9 Å². The number of nitriles is 1. The molecule has 2 rings (SSSR count). The smallest absolute Gasteiger partial charge is 0.211 e. The van der Waals surface area contributed by atoms with Gasteiger partial charge >= 0.3 is 0 Å². The van der Waals surface area contributed by atoms with E-state index in [0.717, 1.165) is 5.75 Å². The Bertz CT molecular complexity index is 660. The molecule has 0 aliphatic rings. The predicted octanol–water partition coefficient (Wildman–Crippen LogP) is 2.70. The molecule has 1 unspecified atom stereocenters. The van der Waals surface area contributed by atoms with Gasteiger partial charge in [-0.05, 0) is 30.5 Å². The number of benzene rings is 1. The third kappa shape index (κ3) is 3.92. The molecule has 22 heavy (non-hydrogen) atoms. The molecule has 7 heteroatoms. The lowest BCUT2D eigenvalue weighted by atomic mass is 10.0. The summed E-state index contributed by atoms with van der Waals surface area (Å²) in [5.74, 6) is 7.68. The summed E-state index contributed by atoms with van der Waals surface area (Å²) in [6.07, 6.45) is 0. The summed E-state index contributed by atoms with van der Waals surface area (Å²) < 4.78 is 7.04. The monoisotopic (exact) mass is 317 g/mol. The first kappa shape index (κ1) is 16.2. The number of nitrogens with two attached hydrogens (primary N) is 1. The first-order valence-corrected chi connectivity index (χ1v) is 7.87. The van der Waals surface area contributed by atoms with Gasteiger partial charge < -0.3 is 10.6 Å². The lowest BCUT2D eigenvalue weighted by molar-refractivity contribution is 0.291. The zero-order valence-electron chi connectivity index (χ0n) is 12.9. The fourth-order valence-corrected chi connectivity index (χ4v) is 2.44. The number of hydrogen-bond acceptors (Lipinski definition) is 6. The van der Waals surface area contributed by atoms with Gasteiger partial charge in [0.15, 0.2) is 5.82 Å². The largest absolute Gasteiger partial charge is 0.486 e. The van der Waals surface area contributed by atoms with Gasteiger partial charge in [-0.1, -0.05) is 37.7 Å². The van der Waals surface area contributed by atoms with Gasteiger partial charge in [0, 0.05) is 0 Å². The molecule has 0 aliphatic heterocycles. The van der Waals surface area contributed by atoms with Crippen LogP contribution in [0.25, 0.3) is 0 Å². The Hall–Kier alpha value is -2.20. The third-order valence-corrected chi connectivity index (χ3v) is 4.06. The Kier molecular flexibility index (Phi) is 5.28. The fourth-order valence-electron chi connectivity index (χ4n) is 1.77. The zero-order chi connectivity index (χ0) is 16.1. The molecule has 1 aromatic heterocycles. The lowest BCUT2D eigenvalue weighted by Crippen LogP contribution is -2.16. The molecule has 0 amide bonds. The van der Waals surface area contributed by atoms with E-state index in [1.807, 2.05) is 24.3 Å². The Labute approximate surface area is 134 Å². The van der Waals surface area contributed by atoms with Gasteiger partial charge in [0.2, 0.25) is 5.16 Å². The number of aromatic nitrogens is 3. The summed E-state index contributed by atoms with van der Waals surface area (Å²) in [6.45, 7) is 6.31. The Morgan fingerprint density at radius 1 is 1.27 bits per heavy atom. The Morgan fingerprint density at radius 3 is 2.55 bits per heavy atom. The van der Waals surface area contributed by atoms with Crippen LogP contribution in [0.5, 0.6) is 5.75 Å². The molecule has 0 spiro atoms. The van der Waals surface area contributed by atoms with Gasteiger partial charge in [-0.2, -0.15) is 5.26 Å². The van der Waals surface area contributed by atoms with Crippen LogP contribution in [0.2, 0.25) is 0 Å². The van der Waals surface area contributed by atoms with Gasteiger partial charge in [-0.15, -0.1) is 10.2 Å². The van der Waals surface area contributed by atoms with Crippen molar-refractivity contribution in [3.8, 4) is 11.8 Å². The van der Waals surface area contributed by atoms with Crippen LogP contribution in [0.15, 0.2) is 29.4 Å². The highest BCUT2D eigenvalue weighted by Crippen LogP contribution is 2.21. The van der Waals surface area contributed by atoms with Crippen molar-refractivity contribution >= 4 is 11.8 Å². The van der Waals surface area contributed by atoms with E-state index in [1.165, 1.54) is 22.0 Å². The van der Waals surface area contributed by atoms with Crippen molar-refractivity contribution in [3.05, 3.63) is 35.7 Å². The van der Waals surface area contributed by atoms with Crippen molar-refractivity contribution in [3.63, 3.8) is 0 Å². The average molecular weight is 317 g/mol. The van der Waals surface area contributed by atoms with Crippen molar-refractivity contribution in [1.29, 1.82) is 5.26 Å². The van der Waals surface area contributed by atoms with E-state index in [1.54, 1.807) is 6.92 Å². The molecule has 0 bridgehead atoms. The molecule has 0 radical (unpaired) electrons. The second-order valence-corrected chi connectivity index (χ2v) is 6.48. The molecular weight excluding hydrogens is 298 g/mol. The SMILES string of the molecule is CC(C#N)Sc1nnc(COc2ccc(C(C)C)cc2)n1N. The van der Waals surface area contributed by atoms with Crippen LogP contribution in [0.4, 0.5) is 0 Å². The number of nitrogen functional groups attached to an aromatic ring is 1. The number of rotatable bonds is 6. The van der Waals surface area contributed by atoms with Gasteiger partial charge in [0.1, 0.15) is 12.4 Å². The van der Waals surface area contributed by atoms with Crippen LogP contribution in [0, 0.1) is 11.3 Å². The summed E-state index contributed by atoms with van der Waals surface area (Å²) in [7, 11) is 0. The highest BCUT2D eigenvalue weighted by Gasteiger charge is 2.13. The highest BCUT2D eigenvalue weighted by molar-refractivity contribution is 8.00. The maximum absolute atomic E-state index is 8.81. The van der Waals surface area contributed by atoms with E-state index in [2.05, 4.69) is 30.1 Å². The Balaban J connectivity index is 1.98. The molecule has 6 nitrogen and oxygen atoms in total. The normalized spacial score (nSPS) is 12.1. The standard InChI is InChI=1S/C15H19N5OS/c1-10(2)12-4-6-13(7-5-12)21-9-14-18-19-15(20(14)17)22-11(3)8-16/h4-7,10-11H,9,17H2,1-3H3. The first-order chi connectivity index (χ1) is 10.5. The van der Waals surface area contributed by atoms with Crippen molar-refractivity contribution in [2.75, 3.05) is 5.84 Å². The second kappa shape index (κ2) is 7.18. The predicted molar refractivity (Wildman–Crippen MR) is 86.0 cm³/mol. The minimum atomic E-state index is -0.233. The highest BCUT2D eigenvalue weighted by atomic mass is 32.2. The van der Waals surface area contributed by atoms with Crippen LogP contribution in [0.1, 0.15) is 38.1 Å².